The SMILES string of the molecule is CCc1nsc(Sc2ccc(CNC)c(Br)c2)n1. The van der Waals surface area contributed by atoms with E-state index in [4.69, 9.17) is 0 Å². The van der Waals surface area contributed by atoms with Crippen LogP contribution in [0.1, 0.15) is 18.3 Å². The van der Waals surface area contributed by atoms with E-state index in [0.29, 0.717) is 0 Å². The zero-order valence-corrected chi connectivity index (χ0v) is 13.5. The first kappa shape index (κ1) is 14.0. The molecule has 0 spiro atoms. The molecule has 0 radical (unpaired) electrons. The second-order valence-electron chi connectivity index (χ2n) is 3.72. The zero-order valence-electron chi connectivity index (χ0n) is 10.2. The maximum Gasteiger partial charge on any atom is 0.174 e. The van der Waals surface area contributed by atoms with Crippen molar-refractivity contribution in [1.82, 2.24) is 14.7 Å². The van der Waals surface area contributed by atoms with E-state index in [9.17, 15) is 0 Å². The molecule has 1 N–H and O–H groups in total. The molecule has 96 valence electrons. The summed E-state index contributed by atoms with van der Waals surface area (Å²) in [5.74, 6) is 0.924. The summed E-state index contributed by atoms with van der Waals surface area (Å²) in [5.41, 5.74) is 1.26. The highest BCUT2D eigenvalue weighted by atomic mass is 79.9. The van der Waals surface area contributed by atoms with E-state index in [1.807, 2.05) is 7.05 Å². The minimum Gasteiger partial charge on any atom is -0.316 e. The molecular weight excluding hydrogens is 330 g/mol. The van der Waals surface area contributed by atoms with Gasteiger partial charge in [0, 0.05) is 22.3 Å². The van der Waals surface area contributed by atoms with Gasteiger partial charge in [-0.05, 0) is 36.3 Å². The highest BCUT2D eigenvalue weighted by molar-refractivity contribution is 9.10. The van der Waals surface area contributed by atoms with Gasteiger partial charge in [0.15, 0.2) is 4.34 Å². The van der Waals surface area contributed by atoms with Crippen molar-refractivity contribution in [2.45, 2.75) is 29.1 Å². The predicted molar refractivity (Wildman–Crippen MR) is 80.3 cm³/mol. The predicted octanol–water partition coefficient (Wildman–Crippen LogP) is 3.73. The van der Waals surface area contributed by atoms with Gasteiger partial charge in [-0.25, -0.2) is 4.98 Å². The maximum atomic E-state index is 4.46. The fourth-order valence-corrected chi connectivity index (χ4v) is 3.83. The molecule has 2 rings (SSSR count). The molecule has 0 saturated heterocycles. The van der Waals surface area contributed by atoms with Gasteiger partial charge >= 0.3 is 0 Å². The van der Waals surface area contributed by atoms with Crippen molar-refractivity contribution in [3.8, 4) is 0 Å². The Morgan fingerprint density at radius 3 is 2.89 bits per heavy atom. The number of aromatic nitrogens is 2. The Hall–Kier alpha value is -0.430. The number of aryl methyl sites for hydroxylation is 1. The third-order valence-electron chi connectivity index (χ3n) is 2.36. The van der Waals surface area contributed by atoms with E-state index < -0.39 is 0 Å². The molecule has 1 heterocycles. The summed E-state index contributed by atoms with van der Waals surface area (Å²) < 4.78 is 6.42. The van der Waals surface area contributed by atoms with Crippen LogP contribution in [0.2, 0.25) is 0 Å². The van der Waals surface area contributed by atoms with Crippen LogP contribution in [0.5, 0.6) is 0 Å². The first-order chi connectivity index (χ1) is 8.72. The molecule has 0 fully saturated rings. The van der Waals surface area contributed by atoms with Crippen LogP contribution in [0.25, 0.3) is 0 Å². The highest BCUT2D eigenvalue weighted by Gasteiger charge is 2.06. The van der Waals surface area contributed by atoms with Crippen LogP contribution in [-0.2, 0) is 13.0 Å². The molecular formula is C12H14BrN3S2. The first-order valence-electron chi connectivity index (χ1n) is 5.66. The molecule has 6 heteroatoms. The summed E-state index contributed by atoms with van der Waals surface area (Å²) in [7, 11) is 1.95. The van der Waals surface area contributed by atoms with Gasteiger partial charge in [-0.3, -0.25) is 0 Å². The fraction of sp³-hybridized carbons (Fsp3) is 0.333. The lowest BCUT2D eigenvalue weighted by molar-refractivity contribution is 0.813. The third kappa shape index (κ3) is 3.54. The van der Waals surface area contributed by atoms with Crippen molar-refractivity contribution in [1.29, 1.82) is 0 Å². The number of nitrogens with one attached hydrogen (secondary N) is 1. The normalized spacial score (nSPS) is 10.8. The van der Waals surface area contributed by atoms with Crippen molar-refractivity contribution in [3.05, 3.63) is 34.1 Å². The van der Waals surface area contributed by atoms with Gasteiger partial charge in [-0.2, -0.15) is 4.37 Å². The van der Waals surface area contributed by atoms with Crippen LogP contribution in [0.4, 0.5) is 0 Å². The Balaban J connectivity index is 2.12. The lowest BCUT2D eigenvalue weighted by Crippen LogP contribution is -2.05. The quantitative estimate of drug-likeness (QED) is 0.897. The highest BCUT2D eigenvalue weighted by Crippen LogP contribution is 2.32. The average molecular weight is 344 g/mol. The van der Waals surface area contributed by atoms with E-state index in [0.717, 1.165) is 27.6 Å². The van der Waals surface area contributed by atoms with E-state index in [-0.39, 0.29) is 0 Å². The second kappa shape index (κ2) is 6.65. The van der Waals surface area contributed by atoms with Gasteiger partial charge in [-0.1, -0.05) is 40.7 Å². The van der Waals surface area contributed by atoms with E-state index in [2.05, 4.69) is 55.7 Å². The molecule has 0 atom stereocenters. The second-order valence-corrected chi connectivity index (χ2v) is 6.64. The number of nitrogens with zero attached hydrogens (tertiary/aromatic N) is 2. The lowest BCUT2D eigenvalue weighted by atomic mass is 10.2. The van der Waals surface area contributed by atoms with Crippen molar-refractivity contribution in [2.24, 2.45) is 0 Å². The molecule has 0 amide bonds. The Morgan fingerprint density at radius 1 is 1.44 bits per heavy atom. The Morgan fingerprint density at radius 2 is 2.28 bits per heavy atom. The number of hydrogen-bond donors (Lipinski definition) is 1. The molecule has 3 nitrogen and oxygen atoms in total. The summed E-state index contributed by atoms with van der Waals surface area (Å²) in [6.45, 7) is 2.93. The fourth-order valence-electron chi connectivity index (χ4n) is 1.45. The minimum atomic E-state index is 0.865. The van der Waals surface area contributed by atoms with Crippen molar-refractivity contribution in [3.63, 3.8) is 0 Å². The minimum absolute atomic E-state index is 0.865. The van der Waals surface area contributed by atoms with Crippen molar-refractivity contribution in [2.75, 3.05) is 7.05 Å². The Bertz CT molecular complexity index is 528. The van der Waals surface area contributed by atoms with Crippen molar-refractivity contribution < 1.29 is 0 Å². The van der Waals surface area contributed by atoms with Crippen LogP contribution in [-0.4, -0.2) is 16.4 Å². The summed E-state index contributed by atoms with van der Waals surface area (Å²) in [5, 5.41) is 3.15. The van der Waals surface area contributed by atoms with Gasteiger partial charge < -0.3 is 5.32 Å². The number of benzene rings is 1. The van der Waals surface area contributed by atoms with Crippen LogP contribution < -0.4 is 5.32 Å². The Kier molecular flexibility index (Phi) is 5.17. The van der Waals surface area contributed by atoms with Gasteiger partial charge in [0.05, 0.1) is 0 Å². The first-order valence-corrected chi connectivity index (χ1v) is 8.04. The Labute approximate surface area is 124 Å². The summed E-state index contributed by atoms with van der Waals surface area (Å²) in [4.78, 5) is 5.64. The molecule has 1 aromatic heterocycles. The van der Waals surface area contributed by atoms with Crippen molar-refractivity contribution >= 4 is 39.2 Å². The molecule has 0 bridgehead atoms. The summed E-state index contributed by atoms with van der Waals surface area (Å²) in [6.07, 6.45) is 0.891. The third-order valence-corrected chi connectivity index (χ3v) is 4.88. The van der Waals surface area contributed by atoms with E-state index in [1.54, 1.807) is 11.8 Å². The number of hydrogen-bond acceptors (Lipinski definition) is 5. The van der Waals surface area contributed by atoms with Crippen LogP contribution in [0.15, 0.2) is 31.9 Å². The standard InChI is InChI=1S/C12H14BrN3S2/c1-3-11-15-12(18-16-11)17-9-5-4-8(7-14-2)10(13)6-9/h4-6,14H,3,7H2,1-2H3. The average Bonchev–Trinajstić information content (AvgIpc) is 2.80. The van der Waals surface area contributed by atoms with Gasteiger partial charge in [0.25, 0.3) is 0 Å². The van der Waals surface area contributed by atoms with Crippen LogP contribution in [0.3, 0.4) is 0 Å². The monoisotopic (exact) mass is 343 g/mol. The maximum absolute atomic E-state index is 4.46. The van der Waals surface area contributed by atoms with Crippen LogP contribution in [0, 0.1) is 0 Å². The molecule has 18 heavy (non-hydrogen) atoms. The summed E-state index contributed by atoms with van der Waals surface area (Å²) in [6, 6.07) is 6.38. The van der Waals surface area contributed by atoms with E-state index >= 15 is 0 Å². The molecule has 0 saturated carbocycles. The zero-order chi connectivity index (χ0) is 13.0. The molecule has 0 aliphatic heterocycles. The van der Waals surface area contributed by atoms with Gasteiger partial charge in [0.2, 0.25) is 0 Å². The smallest absolute Gasteiger partial charge is 0.174 e. The van der Waals surface area contributed by atoms with Crippen LogP contribution >= 0.6 is 39.2 Å². The summed E-state index contributed by atoms with van der Waals surface area (Å²) >= 11 is 6.72. The van der Waals surface area contributed by atoms with Gasteiger partial charge in [0.1, 0.15) is 5.82 Å². The topological polar surface area (TPSA) is 37.8 Å². The lowest BCUT2D eigenvalue weighted by Gasteiger charge is -2.05. The van der Waals surface area contributed by atoms with Gasteiger partial charge in [-0.15, -0.1) is 0 Å². The number of halogens is 1. The molecule has 0 aliphatic carbocycles. The van der Waals surface area contributed by atoms with E-state index in [1.165, 1.54) is 22.0 Å². The molecule has 0 unspecified atom stereocenters. The molecule has 0 aliphatic rings. The largest absolute Gasteiger partial charge is 0.316 e. The molecule has 1 aromatic carbocycles. The molecule has 2 aromatic rings. The number of rotatable bonds is 5.